The largest absolute Gasteiger partial charge is 0.393 e. The average molecular weight is 266 g/mol. The first-order valence-electron chi connectivity index (χ1n) is 6.44. The van der Waals surface area contributed by atoms with Crippen LogP contribution in [-0.4, -0.2) is 41.4 Å². The van der Waals surface area contributed by atoms with Crippen LogP contribution >= 0.6 is 0 Å². The fourth-order valence-electron chi connectivity index (χ4n) is 1.52. The van der Waals surface area contributed by atoms with Crippen LogP contribution in [0.25, 0.3) is 0 Å². The van der Waals surface area contributed by atoms with Crippen LogP contribution in [0.1, 0.15) is 30.6 Å². The van der Waals surface area contributed by atoms with E-state index in [1.807, 2.05) is 19.1 Å². The predicted molar refractivity (Wildman–Crippen MR) is 75.3 cm³/mol. The van der Waals surface area contributed by atoms with E-state index in [-0.39, 0.29) is 12.5 Å². The van der Waals surface area contributed by atoms with Crippen LogP contribution in [0.3, 0.4) is 0 Å². The quantitative estimate of drug-likeness (QED) is 0.593. The Hall–Kier alpha value is -1.59. The van der Waals surface area contributed by atoms with Crippen molar-refractivity contribution in [1.29, 1.82) is 0 Å². The SMILES string of the molecule is CCCNc1ccccc1C(=O)NCC(C)(O)CO. The van der Waals surface area contributed by atoms with Crippen molar-refractivity contribution in [2.75, 3.05) is 25.0 Å². The molecule has 5 heteroatoms. The molecule has 0 spiro atoms. The van der Waals surface area contributed by atoms with Crippen LogP contribution in [0.15, 0.2) is 24.3 Å². The van der Waals surface area contributed by atoms with Crippen molar-refractivity contribution in [3.63, 3.8) is 0 Å². The molecule has 1 atom stereocenters. The van der Waals surface area contributed by atoms with Crippen LogP contribution < -0.4 is 10.6 Å². The Bertz CT molecular complexity index is 419. The molecule has 0 aliphatic rings. The van der Waals surface area contributed by atoms with E-state index in [4.69, 9.17) is 5.11 Å². The van der Waals surface area contributed by atoms with E-state index in [1.165, 1.54) is 6.92 Å². The molecule has 1 rings (SSSR count). The third kappa shape index (κ3) is 4.89. The van der Waals surface area contributed by atoms with Gasteiger partial charge in [-0.15, -0.1) is 0 Å². The molecule has 1 aromatic rings. The van der Waals surface area contributed by atoms with E-state index in [2.05, 4.69) is 10.6 Å². The maximum atomic E-state index is 12.0. The van der Waals surface area contributed by atoms with E-state index in [0.29, 0.717) is 5.56 Å². The summed E-state index contributed by atoms with van der Waals surface area (Å²) in [6.07, 6.45) is 0.967. The molecule has 0 saturated heterocycles. The summed E-state index contributed by atoms with van der Waals surface area (Å²) in [4.78, 5) is 12.0. The summed E-state index contributed by atoms with van der Waals surface area (Å²) >= 11 is 0. The number of benzene rings is 1. The molecule has 0 heterocycles. The minimum absolute atomic E-state index is 0.00441. The standard InChI is InChI=1S/C14H22N2O3/c1-3-8-15-12-7-5-4-6-11(12)13(18)16-9-14(2,19)10-17/h4-7,15,17,19H,3,8-10H2,1-2H3,(H,16,18). The Morgan fingerprint density at radius 1 is 1.37 bits per heavy atom. The van der Waals surface area contributed by atoms with Gasteiger partial charge in [0.25, 0.3) is 5.91 Å². The number of para-hydroxylation sites is 1. The van der Waals surface area contributed by atoms with Crippen molar-refractivity contribution in [3.05, 3.63) is 29.8 Å². The van der Waals surface area contributed by atoms with Gasteiger partial charge in [-0.25, -0.2) is 0 Å². The van der Waals surface area contributed by atoms with E-state index in [9.17, 15) is 9.90 Å². The fourth-order valence-corrected chi connectivity index (χ4v) is 1.52. The summed E-state index contributed by atoms with van der Waals surface area (Å²) in [7, 11) is 0. The summed E-state index contributed by atoms with van der Waals surface area (Å²) in [6, 6.07) is 7.21. The first-order chi connectivity index (χ1) is 9.00. The second-order valence-electron chi connectivity index (χ2n) is 4.81. The van der Waals surface area contributed by atoms with Crippen LogP contribution in [0.2, 0.25) is 0 Å². The van der Waals surface area contributed by atoms with Gasteiger partial charge in [0, 0.05) is 18.8 Å². The number of aliphatic hydroxyl groups excluding tert-OH is 1. The van der Waals surface area contributed by atoms with Crippen molar-refractivity contribution in [2.24, 2.45) is 0 Å². The third-order valence-corrected chi connectivity index (χ3v) is 2.71. The van der Waals surface area contributed by atoms with Gasteiger partial charge >= 0.3 is 0 Å². The van der Waals surface area contributed by atoms with E-state index < -0.39 is 12.2 Å². The maximum Gasteiger partial charge on any atom is 0.253 e. The molecule has 0 saturated carbocycles. The molecule has 1 aromatic carbocycles. The normalized spacial score (nSPS) is 13.7. The summed E-state index contributed by atoms with van der Waals surface area (Å²) in [5.74, 6) is -0.270. The van der Waals surface area contributed by atoms with Gasteiger partial charge in [-0.2, -0.15) is 0 Å². The van der Waals surface area contributed by atoms with Crippen molar-refractivity contribution < 1.29 is 15.0 Å². The molecule has 0 fully saturated rings. The molecule has 0 bridgehead atoms. The molecule has 5 nitrogen and oxygen atoms in total. The van der Waals surface area contributed by atoms with Crippen LogP contribution in [0.4, 0.5) is 5.69 Å². The van der Waals surface area contributed by atoms with Gasteiger partial charge in [0.2, 0.25) is 0 Å². The third-order valence-electron chi connectivity index (χ3n) is 2.71. The number of anilines is 1. The van der Waals surface area contributed by atoms with Crippen molar-refractivity contribution in [1.82, 2.24) is 5.32 Å². The number of rotatable bonds is 7. The number of nitrogens with one attached hydrogen (secondary N) is 2. The zero-order valence-electron chi connectivity index (χ0n) is 11.4. The Morgan fingerprint density at radius 3 is 2.68 bits per heavy atom. The maximum absolute atomic E-state index is 12.0. The molecule has 0 aromatic heterocycles. The van der Waals surface area contributed by atoms with Crippen molar-refractivity contribution in [3.8, 4) is 0 Å². The highest BCUT2D eigenvalue weighted by atomic mass is 16.3. The lowest BCUT2D eigenvalue weighted by Crippen LogP contribution is -2.43. The molecule has 0 aliphatic heterocycles. The van der Waals surface area contributed by atoms with Gasteiger partial charge in [-0.05, 0) is 25.5 Å². The molecular weight excluding hydrogens is 244 g/mol. The lowest BCUT2D eigenvalue weighted by molar-refractivity contribution is 0.00321. The van der Waals surface area contributed by atoms with Gasteiger partial charge in [-0.1, -0.05) is 19.1 Å². The number of hydrogen-bond acceptors (Lipinski definition) is 4. The number of amides is 1. The number of hydrogen-bond donors (Lipinski definition) is 4. The summed E-state index contributed by atoms with van der Waals surface area (Å²) in [5, 5.41) is 24.4. The summed E-state index contributed by atoms with van der Waals surface area (Å²) < 4.78 is 0. The molecule has 106 valence electrons. The highest BCUT2D eigenvalue weighted by molar-refractivity contribution is 5.99. The van der Waals surface area contributed by atoms with E-state index >= 15 is 0 Å². The van der Waals surface area contributed by atoms with E-state index in [1.54, 1.807) is 12.1 Å². The Labute approximate surface area is 113 Å². The average Bonchev–Trinajstić information content (AvgIpc) is 2.43. The monoisotopic (exact) mass is 266 g/mol. The van der Waals surface area contributed by atoms with E-state index in [0.717, 1.165) is 18.7 Å². The zero-order chi connectivity index (χ0) is 14.3. The van der Waals surface area contributed by atoms with Crippen LogP contribution in [0.5, 0.6) is 0 Å². The minimum Gasteiger partial charge on any atom is -0.393 e. The highest BCUT2D eigenvalue weighted by Crippen LogP contribution is 2.15. The molecule has 1 unspecified atom stereocenters. The molecule has 19 heavy (non-hydrogen) atoms. The van der Waals surface area contributed by atoms with Gasteiger partial charge in [0.1, 0.15) is 5.60 Å². The summed E-state index contributed by atoms with van der Waals surface area (Å²) in [5.41, 5.74) is -0.00302. The highest BCUT2D eigenvalue weighted by Gasteiger charge is 2.20. The lowest BCUT2D eigenvalue weighted by atomic mass is 10.1. The lowest BCUT2D eigenvalue weighted by Gasteiger charge is -2.21. The van der Waals surface area contributed by atoms with Crippen LogP contribution in [-0.2, 0) is 0 Å². The fraction of sp³-hybridized carbons (Fsp3) is 0.500. The van der Waals surface area contributed by atoms with Gasteiger partial charge < -0.3 is 20.8 Å². The predicted octanol–water partition coefficient (Wildman–Crippen LogP) is 0.982. The number of aliphatic hydroxyl groups is 2. The molecule has 0 radical (unpaired) electrons. The summed E-state index contributed by atoms with van der Waals surface area (Å²) in [6.45, 7) is 3.91. The number of carbonyl (C=O) groups excluding carboxylic acids is 1. The Morgan fingerprint density at radius 2 is 2.05 bits per heavy atom. The zero-order valence-corrected chi connectivity index (χ0v) is 11.4. The minimum atomic E-state index is -1.30. The first-order valence-corrected chi connectivity index (χ1v) is 6.44. The van der Waals surface area contributed by atoms with Crippen LogP contribution in [0, 0.1) is 0 Å². The van der Waals surface area contributed by atoms with Crippen molar-refractivity contribution in [2.45, 2.75) is 25.9 Å². The Balaban J connectivity index is 2.71. The molecular formula is C14H22N2O3. The van der Waals surface area contributed by atoms with Crippen molar-refractivity contribution >= 4 is 11.6 Å². The molecule has 0 aliphatic carbocycles. The smallest absolute Gasteiger partial charge is 0.253 e. The van der Waals surface area contributed by atoms with Gasteiger partial charge in [-0.3, -0.25) is 4.79 Å². The second-order valence-corrected chi connectivity index (χ2v) is 4.81. The Kier molecular flexibility index (Phi) is 5.79. The topological polar surface area (TPSA) is 81.6 Å². The van der Waals surface area contributed by atoms with Gasteiger partial charge in [0.05, 0.1) is 12.2 Å². The van der Waals surface area contributed by atoms with Gasteiger partial charge in [0.15, 0.2) is 0 Å². The molecule has 1 amide bonds. The number of carbonyl (C=O) groups is 1. The molecule has 4 N–H and O–H groups in total. The first kappa shape index (κ1) is 15.5. The second kappa shape index (κ2) is 7.11.